The van der Waals surface area contributed by atoms with Gasteiger partial charge in [0.2, 0.25) is 0 Å². The standard InChI is InChI=1S/C17H25N5O/c1-14(2)13-20-17(19-10-8-16-5-4-12-23-16)18-9-6-15-7-11-21-22(15)3/h4-5,7,11-12H,1,6,8-10,13H2,2-3H3,(H2,18,19,20). The molecular weight excluding hydrogens is 290 g/mol. The number of nitrogens with zero attached hydrogens (tertiary/aromatic N) is 3. The van der Waals surface area contributed by atoms with E-state index < -0.39 is 0 Å². The molecule has 2 N–H and O–H groups in total. The average molecular weight is 315 g/mol. The molecule has 2 aromatic heterocycles. The first-order valence-corrected chi connectivity index (χ1v) is 7.81. The smallest absolute Gasteiger partial charge is 0.191 e. The van der Waals surface area contributed by atoms with Gasteiger partial charge < -0.3 is 15.1 Å². The van der Waals surface area contributed by atoms with Gasteiger partial charge in [0.05, 0.1) is 12.8 Å². The molecule has 23 heavy (non-hydrogen) atoms. The van der Waals surface area contributed by atoms with Gasteiger partial charge in [0.1, 0.15) is 5.76 Å². The topological polar surface area (TPSA) is 67.4 Å². The first kappa shape index (κ1) is 16.9. The molecule has 0 aliphatic carbocycles. The van der Waals surface area contributed by atoms with Gasteiger partial charge in [0.15, 0.2) is 5.96 Å². The number of rotatable bonds is 8. The second-order valence-electron chi connectivity index (χ2n) is 5.50. The molecule has 0 fully saturated rings. The maximum absolute atomic E-state index is 5.33. The fourth-order valence-corrected chi connectivity index (χ4v) is 2.10. The van der Waals surface area contributed by atoms with Crippen LogP contribution in [0.1, 0.15) is 18.4 Å². The third kappa shape index (κ3) is 6.02. The highest BCUT2D eigenvalue weighted by Gasteiger charge is 2.02. The van der Waals surface area contributed by atoms with E-state index in [9.17, 15) is 0 Å². The first-order chi connectivity index (χ1) is 11.1. The summed E-state index contributed by atoms with van der Waals surface area (Å²) in [5, 5.41) is 10.8. The molecule has 2 aromatic rings. The second-order valence-corrected chi connectivity index (χ2v) is 5.50. The molecule has 0 saturated heterocycles. The summed E-state index contributed by atoms with van der Waals surface area (Å²) in [5.41, 5.74) is 2.22. The molecule has 0 aliphatic rings. The van der Waals surface area contributed by atoms with E-state index in [1.165, 1.54) is 5.69 Å². The van der Waals surface area contributed by atoms with Crippen molar-refractivity contribution in [2.75, 3.05) is 19.6 Å². The summed E-state index contributed by atoms with van der Waals surface area (Å²) in [4.78, 5) is 4.53. The molecule has 0 unspecified atom stereocenters. The number of nitrogens with one attached hydrogen (secondary N) is 2. The molecule has 2 heterocycles. The Bertz CT molecular complexity index is 627. The Morgan fingerprint density at radius 3 is 2.70 bits per heavy atom. The number of aromatic nitrogens is 2. The minimum absolute atomic E-state index is 0.613. The van der Waals surface area contributed by atoms with Gasteiger partial charge in [-0.3, -0.25) is 4.68 Å². The minimum Gasteiger partial charge on any atom is -0.469 e. The predicted octanol–water partition coefficient (Wildman–Crippen LogP) is 1.91. The van der Waals surface area contributed by atoms with Gasteiger partial charge in [-0.15, -0.1) is 0 Å². The summed E-state index contributed by atoms with van der Waals surface area (Å²) in [6, 6.07) is 5.90. The van der Waals surface area contributed by atoms with E-state index in [1.807, 2.05) is 43.0 Å². The Morgan fingerprint density at radius 1 is 1.30 bits per heavy atom. The Hall–Kier alpha value is -2.50. The SMILES string of the molecule is C=C(C)CN=C(NCCc1ccco1)NCCc1ccnn1C. The van der Waals surface area contributed by atoms with Crippen molar-refractivity contribution in [2.45, 2.75) is 19.8 Å². The molecule has 2 rings (SSSR count). The molecule has 6 nitrogen and oxygen atoms in total. The third-order valence-corrected chi connectivity index (χ3v) is 3.35. The van der Waals surface area contributed by atoms with Crippen LogP contribution in [0, 0.1) is 0 Å². The molecule has 0 spiro atoms. The zero-order valence-electron chi connectivity index (χ0n) is 13.9. The zero-order chi connectivity index (χ0) is 16.5. The van der Waals surface area contributed by atoms with E-state index in [0.29, 0.717) is 6.54 Å². The average Bonchev–Trinajstić information content (AvgIpc) is 3.16. The van der Waals surface area contributed by atoms with Crippen LogP contribution in [0.3, 0.4) is 0 Å². The van der Waals surface area contributed by atoms with E-state index >= 15 is 0 Å². The van der Waals surface area contributed by atoms with Crippen LogP contribution in [0.5, 0.6) is 0 Å². The fourth-order valence-electron chi connectivity index (χ4n) is 2.10. The molecule has 0 atom stereocenters. The van der Waals surface area contributed by atoms with E-state index in [0.717, 1.165) is 43.2 Å². The number of hydrogen-bond donors (Lipinski definition) is 2. The Kier molecular flexibility index (Phi) is 6.47. The highest BCUT2D eigenvalue weighted by Crippen LogP contribution is 1.99. The zero-order valence-corrected chi connectivity index (χ0v) is 13.9. The normalized spacial score (nSPS) is 11.5. The van der Waals surface area contributed by atoms with Crippen molar-refractivity contribution in [3.8, 4) is 0 Å². The largest absolute Gasteiger partial charge is 0.469 e. The lowest BCUT2D eigenvalue weighted by atomic mass is 10.3. The van der Waals surface area contributed by atoms with E-state index in [1.54, 1.807) is 6.26 Å². The predicted molar refractivity (Wildman–Crippen MR) is 92.4 cm³/mol. The van der Waals surface area contributed by atoms with Crippen LogP contribution >= 0.6 is 0 Å². The van der Waals surface area contributed by atoms with Crippen molar-refractivity contribution in [3.05, 3.63) is 54.3 Å². The molecule has 0 aromatic carbocycles. The van der Waals surface area contributed by atoms with Crippen LogP contribution in [0.4, 0.5) is 0 Å². The van der Waals surface area contributed by atoms with Gasteiger partial charge >= 0.3 is 0 Å². The highest BCUT2D eigenvalue weighted by atomic mass is 16.3. The van der Waals surface area contributed by atoms with Crippen LogP contribution in [-0.4, -0.2) is 35.4 Å². The molecule has 6 heteroatoms. The molecule has 124 valence electrons. The van der Waals surface area contributed by atoms with Crippen molar-refractivity contribution in [2.24, 2.45) is 12.0 Å². The summed E-state index contributed by atoms with van der Waals surface area (Å²) in [7, 11) is 1.95. The fraction of sp³-hybridized carbons (Fsp3) is 0.412. The Labute approximate surface area is 137 Å². The number of guanidine groups is 1. The molecule has 0 aliphatic heterocycles. The van der Waals surface area contributed by atoms with Gasteiger partial charge in [-0.05, 0) is 25.1 Å². The summed E-state index contributed by atoms with van der Waals surface area (Å²) in [6.07, 6.45) is 5.22. The van der Waals surface area contributed by atoms with Crippen molar-refractivity contribution < 1.29 is 4.42 Å². The monoisotopic (exact) mass is 315 g/mol. The summed E-state index contributed by atoms with van der Waals surface area (Å²) >= 11 is 0. The molecule has 0 amide bonds. The Balaban J connectivity index is 1.79. The van der Waals surface area contributed by atoms with Crippen LogP contribution in [0.2, 0.25) is 0 Å². The lowest BCUT2D eigenvalue weighted by Gasteiger charge is -2.12. The van der Waals surface area contributed by atoms with Crippen LogP contribution in [-0.2, 0) is 19.9 Å². The lowest BCUT2D eigenvalue weighted by Crippen LogP contribution is -2.39. The van der Waals surface area contributed by atoms with Crippen molar-refractivity contribution in [1.29, 1.82) is 0 Å². The van der Waals surface area contributed by atoms with E-state index in [-0.39, 0.29) is 0 Å². The van der Waals surface area contributed by atoms with Crippen molar-refractivity contribution >= 4 is 5.96 Å². The number of hydrogen-bond acceptors (Lipinski definition) is 3. The van der Waals surface area contributed by atoms with Crippen LogP contribution < -0.4 is 10.6 Å². The lowest BCUT2D eigenvalue weighted by molar-refractivity contribution is 0.506. The second kappa shape index (κ2) is 8.82. The number of aliphatic imine (C=N–C) groups is 1. The number of aryl methyl sites for hydroxylation is 1. The summed E-state index contributed by atoms with van der Waals surface area (Å²) in [6.45, 7) is 8.04. The maximum atomic E-state index is 5.33. The summed E-state index contributed by atoms with van der Waals surface area (Å²) < 4.78 is 7.22. The Morgan fingerprint density at radius 2 is 2.09 bits per heavy atom. The van der Waals surface area contributed by atoms with Crippen molar-refractivity contribution in [1.82, 2.24) is 20.4 Å². The van der Waals surface area contributed by atoms with Crippen LogP contribution in [0.25, 0.3) is 0 Å². The third-order valence-electron chi connectivity index (χ3n) is 3.35. The highest BCUT2D eigenvalue weighted by molar-refractivity contribution is 5.79. The quantitative estimate of drug-likeness (QED) is 0.444. The van der Waals surface area contributed by atoms with Gasteiger partial charge in [0, 0.05) is 44.9 Å². The molecular formula is C17H25N5O. The van der Waals surface area contributed by atoms with Gasteiger partial charge in [-0.25, -0.2) is 4.99 Å². The summed E-state index contributed by atoms with van der Waals surface area (Å²) in [5.74, 6) is 1.76. The molecule has 0 saturated carbocycles. The van der Waals surface area contributed by atoms with Gasteiger partial charge in [-0.1, -0.05) is 12.2 Å². The minimum atomic E-state index is 0.613. The van der Waals surface area contributed by atoms with Crippen molar-refractivity contribution in [3.63, 3.8) is 0 Å². The number of furan rings is 1. The first-order valence-electron chi connectivity index (χ1n) is 7.81. The molecule has 0 radical (unpaired) electrons. The van der Waals surface area contributed by atoms with Crippen LogP contribution in [0.15, 0.2) is 52.2 Å². The van der Waals surface area contributed by atoms with Gasteiger partial charge in [0.25, 0.3) is 0 Å². The maximum Gasteiger partial charge on any atom is 0.191 e. The van der Waals surface area contributed by atoms with E-state index in [2.05, 4.69) is 27.3 Å². The van der Waals surface area contributed by atoms with E-state index in [4.69, 9.17) is 4.42 Å². The molecule has 0 bridgehead atoms. The van der Waals surface area contributed by atoms with Gasteiger partial charge in [-0.2, -0.15) is 5.10 Å².